The average Bonchev–Trinajstić information content (AvgIpc) is 1.68. The Morgan fingerprint density at radius 2 is 2.43 bits per heavy atom. The standard InChI is InChI=1S/C5H10N2/c1-4-5(2)7-6-3/h7H,2-4H2,1H3. The van der Waals surface area contributed by atoms with Crippen molar-refractivity contribution in [2.24, 2.45) is 5.10 Å². The van der Waals surface area contributed by atoms with Gasteiger partial charge < -0.3 is 0 Å². The van der Waals surface area contributed by atoms with Crippen LogP contribution < -0.4 is 5.43 Å². The van der Waals surface area contributed by atoms with E-state index in [-0.39, 0.29) is 0 Å². The summed E-state index contributed by atoms with van der Waals surface area (Å²) in [6.07, 6.45) is 0.902. The van der Waals surface area contributed by atoms with Gasteiger partial charge in [-0.15, -0.1) is 0 Å². The zero-order chi connectivity index (χ0) is 5.70. The van der Waals surface area contributed by atoms with Gasteiger partial charge in [0, 0.05) is 12.4 Å². The highest BCUT2D eigenvalue weighted by Crippen LogP contribution is 1.86. The average molecular weight is 98.1 g/mol. The van der Waals surface area contributed by atoms with E-state index >= 15 is 0 Å². The van der Waals surface area contributed by atoms with Gasteiger partial charge in [0.25, 0.3) is 0 Å². The summed E-state index contributed by atoms with van der Waals surface area (Å²) in [5, 5.41) is 3.41. The summed E-state index contributed by atoms with van der Waals surface area (Å²) < 4.78 is 0. The third-order valence-corrected chi connectivity index (χ3v) is 0.664. The Balaban J connectivity index is 3.17. The van der Waals surface area contributed by atoms with Gasteiger partial charge >= 0.3 is 0 Å². The fourth-order valence-electron chi connectivity index (χ4n) is 0.191. The molecular weight excluding hydrogens is 88.1 g/mol. The Morgan fingerprint density at radius 3 is 2.57 bits per heavy atom. The maximum absolute atomic E-state index is 3.62. The molecule has 0 aliphatic heterocycles. The smallest absolute Gasteiger partial charge is 0.0261 e. The van der Waals surface area contributed by atoms with Crippen LogP contribution in [0.3, 0.4) is 0 Å². The van der Waals surface area contributed by atoms with E-state index in [1.807, 2.05) is 6.92 Å². The first-order chi connectivity index (χ1) is 3.31. The molecular formula is C5H10N2. The van der Waals surface area contributed by atoms with Crippen LogP contribution in [0.15, 0.2) is 17.4 Å². The first-order valence-corrected chi connectivity index (χ1v) is 2.20. The molecule has 0 bridgehead atoms. The number of allylic oxidation sites excluding steroid dienone is 1. The maximum atomic E-state index is 3.62. The van der Waals surface area contributed by atoms with Crippen molar-refractivity contribution in [1.29, 1.82) is 0 Å². The lowest BCUT2D eigenvalue weighted by atomic mass is 10.4. The van der Waals surface area contributed by atoms with E-state index in [1.165, 1.54) is 0 Å². The molecule has 0 unspecified atom stereocenters. The van der Waals surface area contributed by atoms with Crippen molar-refractivity contribution in [3.8, 4) is 0 Å². The molecule has 1 N–H and O–H groups in total. The quantitative estimate of drug-likeness (QED) is 0.415. The van der Waals surface area contributed by atoms with Crippen LogP contribution in [0, 0.1) is 0 Å². The fourth-order valence-corrected chi connectivity index (χ4v) is 0.191. The molecule has 2 nitrogen and oxygen atoms in total. The third-order valence-electron chi connectivity index (χ3n) is 0.664. The second kappa shape index (κ2) is 3.40. The van der Waals surface area contributed by atoms with Crippen LogP contribution in [0.2, 0.25) is 0 Å². The minimum Gasteiger partial charge on any atom is -0.284 e. The van der Waals surface area contributed by atoms with Gasteiger partial charge in [-0.05, 0) is 6.42 Å². The van der Waals surface area contributed by atoms with Crippen LogP contribution >= 0.6 is 0 Å². The van der Waals surface area contributed by atoms with E-state index in [4.69, 9.17) is 0 Å². The molecule has 7 heavy (non-hydrogen) atoms. The molecule has 0 atom stereocenters. The SMILES string of the molecule is C=NNC(=C)CC. The van der Waals surface area contributed by atoms with Gasteiger partial charge in [-0.25, -0.2) is 0 Å². The fraction of sp³-hybridized carbons (Fsp3) is 0.400. The first-order valence-electron chi connectivity index (χ1n) is 2.20. The highest BCUT2D eigenvalue weighted by atomic mass is 15.3. The summed E-state index contributed by atoms with van der Waals surface area (Å²) in [7, 11) is 0. The van der Waals surface area contributed by atoms with Crippen LogP contribution in [-0.2, 0) is 0 Å². The molecule has 0 aliphatic rings. The lowest BCUT2D eigenvalue weighted by molar-refractivity contribution is 0.842. The predicted molar refractivity (Wildman–Crippen MR) is 32.1 cm³/mol. The van der Waals surface area contributed by atoms with E-state index in [0.717, 1.165) is 12.1 Å². The first kappa shape index (κ1) is 6.21. The Labute approximate surface area is 43.9 Å². The summed E-state index contributed by atoms with van der Waals surface area (Å²) in [6, 6.07) is 0. The topological polar surface area (TPSA) is 24.4 Å². The van der Waals surface area contributed by atoms with E-state index in [0.29, 0.717) is 0 Å². The molecule has 40 valence electrons. The highest BCUT2D eigenvalue weighted by Gasteiger charge is 1.78. The molecule has 0 spiro atoms. The second-order valence-electron chi connectivity index (χ2n) is 1.23. The normalized spacial score (nSPS) is 7.57. The zero-order valence-electron chi connectivity index (χ0n) is 4.57. The summed E-state index contributed by atoms with van der Waals surface area (Å²) in [5.74, 6) is 0. The molecule has 0 heterocycles. The van der Waals surface area contributed by atoms with Gasteiger partial charge in [-0.2, -0.15) is 5.10 Å². The molecule has 0 aromatic carbocycles. The number of hydrogen-bond donors (Lipinski definition) is 1. The molecule has 0 radical (unpaired) electrons. The van der Waals surface area contributed by atoms with Crippen LogP contribution in [0.25, 0.3) is 0 Å². The van der Waals surface area contributed by atoms with Gasteiger partial charge in [0.05, 0.1) is 0 Å². The largest absolute Gasteiger partial charge is 0.284 e. The van der Waals surface area contributed by atoms with Crippen LogP contribution in [0.4, 0.5) is 0 Å². The van der Waals surface area contributed by atoms with Crippen molar-refractivity contribution in [2.45, 2.75) is 13.3 Å². The lowest BCUT2D eigenvalue weighted by Crippen LogP contribution is -2.00. The predicted octanol–water partition coefficient (Wildman–Crippen LogP) is 1.12. The molecule has 0 aliphatic carbocycles. The van der Waals surface area contributed by atoms with Gasteiger partial charge in [0.1, 0.15) is 0 Å². The van der Waals surface area contributed by atoms with Crippen molar-refractivity contribution in [2.75, 3.05) is 0 Å². The highest BCUT2D eigenvalue weighted by molar-refractivity contribution is 5.22. The van der Waals surface area contributed by atoms with Crippen molar-refractivity contribution >= 4 is 6.72 Å². The summed E-state index contributed by atoms with van der Waals surface area (Å²) in [6.45, 7) is 8.85. The van der Waals surface area contributed by atoms with Crippen molar-refractivity contribution < 1.29 is 0 Å². The number of nitrogens with one attached hydrogen (secondary N) is 1. The van der Waals surface area contributed by atoms with Gasteiger partial charge in [0.15, 0.2) is 0 Å². The Morgan fingerprint density at radius 1 is 1.86 bits per heavy atom. The molecule has 0 saturated carbocycles. The Bertz CT molecular complexity index is 76.1. The number of nitrogens with zero attached hydrogens (tertiary/aromatic N) is 1. The summed E-state index contributed by atoms with van der Waals surface area (Å²) >= 11 is 0. The van der Waals surface area contributed by atoms with Crippen LogP contribution in [0.1, 0.15) is 13.3 Å². The van der Waals surface area contributed by atoms with E-state index in [9.17, 15) is 0 Å². The molecule has 0 amide bonds. The molecule has 2 heteroatoms. The Hall–Kier alpha value is -0.790. The van der Waals surface area contributed by atoms with Crippen molar-refractivity contribution in [1.82, 2.24) is 5.43 Å². The van der Waals surface area contributed by atoms with Crippen molar-refractivity contribution in [3.05, 3.63) is 12.3 Å². The third kappa shape index (κ3) is 3.03. The summed E-state index contributed by atoms with van der Waals surface area (Å²) in [4.78, 5) is 0. The number of hydrogen-bond acceptors (Lipinski definition) is 2. The van der Waals surface area contributed by atoms with Gasteiger partial charge in [-0.3, -0.25) is 5.43 Å². The van der Waals surface area contributed by atoms with Crippen LogP contribution in [-0.4, -0.2) is 6.72 Å². The molecule has 0 fully saturated rings. The number of rotatable bonds is 3. The second-order valence-corrected chi connectivity index (χ2v) is 1.23. The number of hydrazone groups is 1. The van der Waals surface area contributed by atoms with E-state index < -0.39 is 0 Å². The van der Waals surface area contributed by atoms with E-state index in [2.05, 4.69) is 23.8 Å². The molecule has 0 saturated heterocycles. The van der Waals surface area contributed by atoms with Crippen LogP contribution in [0.5, 0.6) is 0 Å². The van der Waals surface area contributed by atoms with Gasteiger partial charge in [0.2, 0.25) is 0 Å². The molecule has 0 rings (SSSR count). The monoisotopic (exact) mass is 98.1 g/mol. The van der Waals surface area contributed by atoms with Crippen molar-refractivity contribution in [3.63, 3.8) is 0 Å². The minimum absolute atomic E-state index is 0.898. The Kier molecular flexibility index (Phi) is 3.02. The minimum atomic E-state index is 0.898. The zero-order valence-corrected chi connectivity index (χ0v) is 4.57. The van der Waals surface area contributed by atoms with E-state index in [1.54, 1.807) is 0 Å². The summed E-state index contributed by atoms with van der Waals surface area (Å²) in [5.41, 5.74) is 3.51. The molecule has 0 aromatic heterocycles. The maximum Gasteiger partial charge on any atom is 0.0261 e. The van der Waals surface area contributed by atoms with Gasteiger partial charge in [-0.1, -0.05) is 13.5 Å². The lowest BCUT2D eigenvalue weighted by Gasteiger charge is -1.95. The molecule has 0 aromatic rings.